The zero-order valence-electron chi connectivity index (χ0n) is 10.8. The zero-order valence-corrected chi connectivity index (χ0v) is 10.8. The molecule has 1 amide bonds. The van der Waals surface area contributed by atoms with E-state index in [1.165, 1.54) is 18.3 Å². The molecule has 1 N–H and O–H groups in total. The first-order valence-corrected chi connectivity index (χ1v) is 6.06. The Hall–Kier alpha value is -2.17. The molecule has 1 aromatic carbocycles. The van der Waals surface area contributed by atoms with Gasteiger partial charge in [0.2, 0.25) is 0 Å². The summed E-state index contributed by atoms with van der Waals surface area (Å²) in [5.41, 5.74) is 0.973. The lowest BCUT2D eigenvalue weighted by Crippen LogP contribution is -2.27. The number of rotatable bonds is 4. The van der Waals surface area contributed by atoms with Gasteiger partial charge in [-0.1, -0.05) is 19.0 Å². The summed E-state index contributed by atoms with van der Waals surface area (Å²) in [5, 5.41) is 6.43. The van der Waals surface area contributed by atoms with Crippen molar-refractivity contribution in [1.29, 1.82) is 0 Å². The molecule has 2 aromatic rings. The normalized spacial score (nSPS) is 10.7. The number of carbonyl (C=O) groups is 1. The van der Waals surface area contributed by atoms with Crippen LogP contribution >= 0.6 is 0 Å². The molecule has 100 valence electrons. The summed E-state index contributed by atoms with van der Waals surface area (Å²) in [7, 11) is 0. The van der Waals surface area contributed by atoms with E-state index in [0.717, 1.165) is 0 Å². The summed E-state index contributed by atoms with van der Waals surface area (Å²) in [4.78, 5) is 12.0. The molecule has 0 radical (unpaired) electrons. The number of carbonyl (C=O) groups excluding carboxylic acids is 1. The van der Waals surface area contributed by atoms with Gasteiger partial charge in [0.1, 0.15) is 11.4 Å². The van der Waals surface area contributed by atoms with Crippen molar-refractivity contribution in [1.82, 2.24) is 10.5 Å². The molecule has 0 aliphatic heterocycles. The van der Waals surface area contributed by atoms with Gasteiger partial charge in [-0.15, -0.1) is 0 Å². The minimum Gasteiger partial charge on any atom is -0.355 e. The van der Waals surface area contributed by atoms with E-state index in [1.54, 1.807) is 12.1 Å². The van der Waals surface area contributed by atoms with Crippen molar-refractivity contribution in [2.24, 2.45) is 5.92 Å². The molecule has 0 unspecified atom stereocenters. The van der Waals surface area contributed by atoms with Crippen LogP contribution in [0.2, 0.25) is 0 Å². The van der Waals surface area contributed by atoms with Gasteiger partial charge in [0.05, 0.1) is 6.20 Å². The van der Waals surface area contributed by atoms with Crippen molar-refractivity contribution < 1.29 is 13.7 Å². The van der Waals surface area contributed by atoms with Gasteiger partial charge in [-0.2, -0.15) is 0 Å². The third-order valence-electron chi connectivity index (χ3n) is 2.59. The van der Waals surface area contributed by atoms with Crippen LogP contribution < -0.4 is 5.32 Å². The highest BCUT2D eigenvalue weighted by Gasteiger charge is 2.17. The Morgan fingerprint density at radius 3 is 2.68 bits per heavy atom. The fourth-order valence-corrected chi connectivity index (χ4v) is 1.60. The highest BCUT2D eigenvalue weighted by atomic mass is 19.1. The maximum absolute atomic E-state index is 12.9. The van der Waals surface area contributed by atoms with Crippen molar-refractivity contribution in [2.75, 3.05) is 6.54 Å². The first-order valence-electron chi connectivity index (χ1n) is 6.06. The largest absolute Gasteiger partial charge is 0.355 e. The van der Waals surface area contributed by atoms with Crippen LogP contribution in [-0.4, -0.2) is 17.6 Å². The molecule has 19 heavy (non-hydrogen) atoms. The quantitative estimate of drug-likeness (QED) is 0.921. The fourth-order valence-electron chi connectivity index (χ4n) is 1.60. The Kier molecular flexibility index (Phi) is 3.94. The van der Waals surface area contributed by atoms with Crippen LogP contribution in [0.3, 0.4) is 0 Å². The SMILES string of the molecule is CC(C)CNC(=O)c1cnoc1-c1ccc(F)cc1. The molecular weight excluding hydrogens is 247 g/mol. The van der Waals surface area contributed by atoms with Gasteiger partial charge in [-0.05, 0) is 30.2 Å². The number of hydrogen-bond acceptors (Lipinski definition) is 3. The average Bonchev–Trinajstić information content (AvgIpc) is 2.86. The maximum atomic E-state index is 12.9. The van der Waals surface area contributed by atoms with Crippen LogP contribution in [0.5, 0.6) is 0 Å². The van der Waals surface area contributed by atoms with E-state index < -0.39 is 0 Å². The Labute approximate surface area is 110 Å². The standard InChI is InChI=1S/C14H15FN2O2/c1-9(2)7-16-14(18)12-8-17-19-13(12)10-3-5-11(15)6-4-10/h3-6,8-9H,7H2,1-2H3,(H,16,18). The highest BCUT2D eigenvalue weighted by molar-refractivity contribution is 5.99. The second-order valence-electron chi connectivity index (χ2n) is 4.68. The monoisotopic (exact) mass is 262 g/mol. The smallest absolute Gasteiger partial charge is 0.256 e. The van der Waals surface area contributed by atoms with Crippen molar-refractivity contribution >= 4 is 5.91 Å². The van der Waals surface area contributed by atoms with Crippen LogP contribution in [0.4, 0.5) is 4.39 Å². The number of aromatic nitrogens is 1. The third-order valence-corrected chi connectivity index (χ3v) is 2.59. The van der Waals surface area contributed by atoms with E-state index in [-0.39, 0.29) is 11.7 Å². The number of nitrogens with zero attached hydrogens (tertiary/aromatic N) is 1. The minimum absolute atomic E-state index is 0.241. The minimum atomic E-state index is -0.339. The molecule has 4 nitrogen and oxygen atoms in total. The molecule has 0 saturated heterocycles. The van der Waals surface area contributed by atoms with E-state index in [9.17, 15) is 9.18 Å². The van der Waals surface area contributed by atoms with E-state index in [4.69, 9.17) is 4.52 Å². The Bertz CT molecular complexity index is 561. The molecule has 0 bridgehead atoms. The molecule has 5 heteroatoms. The Morgan fingerprint density at radius 1 is 1.37 bits per heavy atom. The van der Waals surface area contributed by atoms with E-state index in [1.807, 2.05) is 13.8 Å². The lowest BCUT2D eigenvalue weighted by molar-refractivity contribution is 0.0949. The van der Waals surface area contributed by atoms with Crippen LogP contribution in [0.25, 0.3) is 11.3 Å². The van der Waals surface area contributed by atoms with Crippen molar-refractivity contribution in [3.05, 3.63) is 41.8 Å². The summed E-state index contributed by atoms with van der Waals surface area (Å²) in [6, 6.07) is 5.73. The first kappa shape index (κ1) is 13.3. The van der Waals surface area contributed by atoms with Crippen LogP contribution in [0, 0.1) is 11.7 Å². The highest BCUT2D eigenvalue weighted by Crippen LogP contribution is 2.23. The van der Waals surface area contributed by atoms with Gasteiger partial charge in [-0.25, -0.2) is 4.39 Å². The first-order chi connectivity index (χ1) is 9.08. The summed E-state index contributed by atoms with van der Waals surface area (Å²) in [6.45, 7) is 4.59. The molecule has 0 aliphatic carbocycles. The zero-order chi connectivity index (χ0) is 13.8. The second kappa shape index (κ2) is 5.65. The van der Waals surface area contributed by atoms with Gasteiger partial charge < -0.3 is 9.84 Å². The predicted molar refractivity (Wildman–Crippen MR) is 69.1 cm³/mol. The van der Waals surface area contributed by atoms with E-state index in [0.29, 0.717) is 29.3 Å². The molecule has 2 rings (SSSR count). The van der Waals surface area contributed by atoms with E-state index in [2.05, 4.69) is 10.5 Å². The second-order valence-corrected chi connectivity index (χ2v) is 4.68. The van der Waals surface area contributed by atoms with Gasteiger partial charge in [0.15, 0.2) is 5.76 Å². The van der Waals surface area contributed by atoms with Crippen LogP contribution in [0.15, 0.2) is 35.0 Å². The van der Waals surface area contributed by atoms with Crippen LogP contribution in [-0.2, 0) is 0 Å². The number of nitrogens with one attached hydrogen (secondary N) is 1. The maximum Gasteiger partial charge on any atom is 0.256 e. The summed E-state index contributed by atoms with van der Waals surface area (Å²) in [5.74, 6) is 0.127. The summed E-state index contributed by atoms with van der Waals surface area (Å²) < 4.78 is 18.0. The molecule has 0 atom stereocenters. The fraction of sp³-hybridized carbons (Fsp3) is 0.286. The van der Waals surface area contributed by atoms with Crippen molar-refractivity contribution in [3.8, 4) is 11.3 Å². The van der Waals surface area contributed by atoms with Gasteiger partial charge >= 0.3 is 0 Å². The lowest BCUT2D eigenvalue weighted by atomic mass is 10.1. The van der Waals surface area contributed by atoms with Gasteiger partial charge in [0, 0.05) is 12.1 Å². The molecule has 1 aromatic heterocycles. The predicted octanol–water partition coefficient (Wildman–Crippen LogP) is 2.87. The van der Waals surface area contributed by atoms with Crippen molar-refractivity contribution in [2.45, 2.75) is 13.8 Å². The number of hydrogen-bond donors (Lipinski definition) is 1. The topological polar surface area (TPSA) is 55.1 Å². The summed E-state index contributed by atoms with van der Waals surface area (Å²) in [6.07, 6.45) is 1.37. The van der Waals surface area contributed by atoms with E-state index >= 15 is 0 Å². The Morgan fingerprint density at radius 2 is 2.05 bits per heavy atom. The molecule has 0 saturated carbocycles. The molecule has 0 spiro atoms. The number of halogens is 1. The Balaban J connectivity index is 2.22. The summed E-state index contributed by atoms with van der Waals surface area (Å²) >= 11 is 0. The molecule has 1 heterocycles. The molecule has 0 aliphatic rings. The molecule has 0 fully saturated rings. The lowest BCUT2D eigenvalue weighted by Gasteiger charge is -2.06. The third kappa shape index (κ3) is 3.19. The average molecular weight is 262 g/mol. The molecular formula is C14H15FN2O2. The van der Waals surface area contributed by atoms with Gasteiger partial charge in [0.25, 0.3) is 5.91 Å². The number of amides is 1. The van der Waals surface area contributed by atoms with Crippen molar-refractivity contribution in [3.63, 3.8) is 0 Å². The van der Waals surface area contributed by atoms with Gasteiger partial charge in [-0.3, -0.25) is 4.79 Å². The number of benzene rings is 1. The van der Waals surface area contributed by atoms with Crippen LogP contribution in [0.1, 0.15) is 24.2 Å².